The van der Waals surface area contributed by atoms with Crippen LogP contribution in [0.5, 0.6) is 0 Å². The normalized spacial score (nSPS) is 20.2. The van der Waals surface area contributed by atoms with Crippen LogP contribution in [-0.2, 0) is 27.8 Å². The Bertz CT molecular complexity index is 1020. The van der Waals surface area contributed by atoms with E-state index >= 15 is 0 Å². The van der Waals surface area contributed by atoms with E-state index in [1.807, 2.05) is 13.0 Å². The van der Waals surface area contributed by atoms with Crippen molar-refractivity contribution in [2.24, 2.45) is 0 Å². The van der Waals surface area contributed by atoms with Crippen LogP contribution in [0.25, 0.3) is 0 Å². The molecule has 0 aromatic heterocycles. The van der Waals surface area contributed by atoms with Gasteiger partial charge in [0, 0.05) is 31.4 Å². The van der Waals surface area contributed by atoms with E-state index in [2.05, 4.69) is 28.4 Å². The molecule has 0 bridgehead atoms. The number of sulfonamides is 1. The summed E-state index contributed by atoms with van der Waals surface area (Å²) in [5.41, 5.74) is 3.25. The van der Waals surface area contributed by atoms with E-state index in [4.69, 9.17) is 0 Å². The molecule has 6 nitrogen and oxygen atoms in total. The zero-order chi connectivity index (χ0) is 21.8. The molecule has 1 N–H and O–H groups in total. The molecule has 2 aromatic carbocycles. The van der Waals surface area contributed by atoms with Crippen LogP contribution in [0.4, 0.5) is 5.69 Å². The molecule has 7 heteroatoms. The van der Waals surface area contributed by atoms with Gasteiger partial charge in [0.1, 0.15) is 0 Å². The first-order valence-electron chi connectivity index (χ1n) is 11.2. The number of hydrogen-bond donors (Lipinski definition) is 1. The second kappa shape index (κ2) is 9.51. The molecule has 2 aliphatic rings. The standard InChI is InChI=1S/C24H31N3O3S/c1-2-22-9-5-6-15-27(22)31(29,30)23-12-10-21(11-13-23)25-24(28)18-26-16-14-19-7-3-4-8-20(19)17-26/h3-4,7-8,10-13,22H,2,5-6,9,14-18H2,1H3,(H,25,28). The van der Waals surface area contributed by atoms with Crippen molar-refractivity contribution in [1.82, 2.24) is 9.21 Å². The Morgan fingerprint density at radius 1 is 1.03 bits per heavy atom. The van der Waals surface area contributed by atoms with Crippen LogP contribution >= 0.6 is 0 Å². The zero-order valence-electron chi connectivity index (χ0n) is 18.1. The maximum absolute atomic E-state index is 13.1. The van der Waals surface area contributed by atoms with Gasteiger partial charge in [-0.25, -0.2) is 8.42 Å². The lowest BCUT2D eigenvalue weighted by molar-refractivity contribution is -0.117. The molecule has 0 radical (unpaired) electrons. The molecule has 2 aliphatic heterocycles. The largest absolute Gasteiger partial charge is 0.325 e. The maximum Gasteiger partial charge on any atom is 0.243 e. The monoisotopic (exact) mass is 441 g/mol. The summed E-state index contributed by atoms with van der Waals surface area (Å²) in [7, 11) is -3.51. The van der Waals surface area contributed by atoms with Gasteiger partial charge in [-0.05, 0) is 61.1 Å². The average molecular weight is 442 g/mol. The minimum Gasteiger partial charge on any atom is -0.325 e. The van der Waals surface area contributed by atoms with Gasteiger partial charge in [-0.1, -0.05) is 37.6 Å². The molecule has 1 atom stereocenters. The van der Waals surface area contributed by atoms with Crippen LogP contribution in [0, 0.1) is 0 Å². The number of rotatable bonds is 6. The van der Waals surface area contributed by atoms with Gasteiger partial charge in [0.05, 0.1) is 11.4 Å². The Hall–Kier alpha value is -2.22. The maximum atomic E-state index is 13.1. The molecular formula is C24H31N3O3S. The fourth-order valence-corrected chi connectivity index (χ4v) is 6.40. The van der Waals surface area contributed by atoms with E-state index in [1.54, 1.807) is 28.6 Å². The van der Waals surface area contributed by atoms with Crippen molar-refractivity contribution in [2.45, 2.75) is 56.5 Å². The highest BCUT2D eigenvalue weighted by molar-refractivity contribution is 7.89. The molecule has 4 rings (SSSR count). The van der Waals surface area contributed by atoms with Crippen molar-refractivity contribution in [2.75, 3.05) is 25.0 Å². The second-order valence-corrected chi connectivity index (χ2v) is 10.4. The van der Waals surface area contributed by atoms with Crippen LogP contribution in [0.1, 0.15) is 43.7 Å². The smallest absolute Gasteiger partial charge is 0.243 e. The molecule has 1 unspecified atom stereocenters. The minimum absolute atomic E-state index is 0.0767. The third-order valence-electron chi connectivity index (χ3n) is 6.37. The molecule has 1 saturated heterocycles. The quantitative estimate of drug-likeness (QED) is 0.743. The first-order chi connectivity index (χ1) is 15.0. The highest BCUT2D eigenvalue weighted by atomic mass is 32.2. The Labute approximate surface area is 185 Å². The van der Waals surface area contributed by atoms with E-state index in [1.165, 1.54) is 11.1 Å². The Balaban J connectivity index is 1.37. The molecule has 2 aromatic rings. The van der Waals surface area contributed by atoms with Crippen molar-refractivity contribution in [3.05, 3.63) is 59.7 Å². The third-order valence-corrected chi connectivity index (χ3v) is 8.33. The number of hydrogen-bond acceptors (Lipinski definition) is 4. The number of nitrogens with one attached hydrogen (secondary N) is 1. The van der Waals surface area contributed by atoms with Gasteiger partial charge in [0.15, 0.2) is 0 Å². The minimum atomic E-state index is -3.51. The topological polar surface area (TPSA) is 69.7 Å². The fourth-order valence-electron chi connectivity index (χ4n) is 4.64. The molecule has 31 heavy (non-hydrogen) atoms. The average Bonchev–Trinajstić information content (AvgIpc) is 2.79. The predicted octanol–water partition coefficient (Wildman–Crippen LogP) is 3.64. The number of nitrogens with zero attached hydrogens (tertiary/aromatic N) is 2. The van der Waals surface area contributed by atoms with E-state index in [0.717, 1.165) is 45.2 Å². The fraction of sp³-hybridized carbons (Fsp3) is 0.458. The Kier molecular flexibility index (Phi) is 6.74. The van der Waals surface area contributed by atoms with E-state index in [0.29, 0.717) is 23.7 Å². The summed E-state index contributed by atoms with van der Waals surface area (Å²) < 4.78 is 27.8. The first kappa shape index (κ1) is 22.0. The van der Waals surface area contributed by atoms with Crippen LogP contribution in [0.15, 0.2) is 53.4 Å². The lowest BCUT2D eigenvalue weighted by atomic mass is 10.00. The van der Waals surface area contributed by atoms with Crippen LogP contribution < -0.4 is 5.32 Å². The van der Waals surface area contributed by atoms with Crippen LogP contribution in [0.3, 0.4) is 0 Å². The van der Waals surface area contributed by atoms with Crippen molar-refractivity contribution >= 4 is 21.6 Å². The van der Waals surface area contributed by atoms with Crippen molar-refractivity contribution in [1.29, 1.82) is 0 Å². The molecule has 0 spiro atoms. The summed E-state index contributed by atoms with van der Waals surface area (Å²) in [5.74, 6) is -0.0861. The highest BCUT2D eigenvalue weighted by Crippen LogP contribution is 2.27. The van der Waals surface area contributed by atoms with E-state index in [9.17, 15) is 13.2 Å². The summed E-state index contributed by atoms with van der Waals surface area (Å²) in [6.45, 7) is 4.57. The van der Waals surface area contributed by atoms with Gasteiger partial charge in [-0.3, -0.25) is 9.69 Å². The summed E-state index contributed by atoms with van der Waals surface area (Å²) in [6.07, 6.45) is 4.69. The number of carbonyl (C=O) groups is 1. The molecule has 1 amide bonds. The molecular weight excluding hydrogens is 410 g/mol. The van der Waals surface area contributed by atoms with Crippen molar-refractivity contribution in [3.63, 3.8) is 0 Å². The number of anilines is 1. The molecule has 0 saturated carbocycles. The summed E-state index contributed by atoms with van der Waals surface area (Å²) >= 11 is 0. The highest BCUT2D eigenvalue weighted by Gasteiger charge is 2.32. The predicted molar refractivity (Wildman–Crippen MR) is 122 cm³/mol. The number of fused-ring (bicyclic) bond motifs is 1. The van der Waals surface area contributed by atoms with Crippen LogP contribution in [0.2, 0.25) is 0 Å². The molecule has 2 heterocycles. The summed E-state index contributed by atoms with van der Waals surface area (Å²) in [5, 5.41) is 2.90. The Morgan fingerprint density at radius 3 is 2.52 bits per heavy atom. The van der Waals surface area contributed by atoms with Gasteiger partial charge in [0.25, 0.3) is 0 Å². The first-order valence-corrected chi connectivity index (χ1v) is 12.6. The Morgan fingerprint density at radius 2 is 1.77 bits per heavy atom. The SMILES string of the molecule is CCC1CCCCN1S(=O)(=O)c1ccc(NC(=O)CN2CCc3ccccc3C2)cc1. The summed E-state index contributed by atoms with van der Waals surface area (Å²) in [4.78, 5) is 15.0. The van der Waals surface area contributed by atoms with Gasteiger partial charge in [-0.15, -0.1) is 0 Å². The van der Waals surface area contributed by atoms with Gasteiger partial charge >= 0.3 is 0 Å². The van der Waals surface area contributed by atoms with Gasteiger partial charge in [-0.2, -0.15) is 4.31 Å². The number of piperidine rings is 1. The number of amides is 1. The molecule has 166 valence electrons. The molecule has 0 aliphatic carbocycles. The number of benzene rings is 2. The van der Waals surface area contributed by atoms with E-state index in [-0.39, 0.29) is 11.9 Å². The van der Waals surface area contributed by atoms with Crippen molar-refractivity contribution < 1.29 is 13.2 Å². The van der Waals surface area contributed by atoms with Crippen LogP contribution in [-0.4, -0.2) is 49.2 Å². The second-order valence-electron chi connectivity index (χ2n) is 8.48. The lowest BCUT2D eigenvalue weighted by Crippen LogP contribution is -2.43. The van der Waals surface area contributed by atoms with Crippen molar-refractivity contribution in [3.8, 4) is 0 Å². The lowest BCUT2D eigenvalue weighted by Gasteiger charge is -2.34. The van der Waals surface area contributed by atoms with Gasteiger partial charge < -0.3 is 5.32 Å². The van der Waals surface area contributed by atoms with E-state index < -0.39 is 10.0 Å². The third kappa shape index (κ3) is 5.00. The molecule has 1 fully saturated rings. The number of carbonyl (C=O) groups excluding carboxylic acids is 1. The zero-order valence-corrected chi connectivity index (χ0v) is 18.9. The van der Waals surface area contributed by atoms with Gasteiger partial charge in [0.2, 0.25) is 15.9 Å². The summed E-state index contributed by atoms with van der Waals surface area (Å²) in [6, 6.07) is 15.0.